The summed E-state index contributed by atoms with van der Waals surface area (Å²) in [5, 5.41) is 21.1. The van der Waals surface area contributed by atoms with Gasteiger partial charge in [0.05, 0.1) is 44.6 Å². The van der Waals surface area contributed by atoms with Crippen LogP contribution in [0, 0.1) is 0 Å². The Morgan fingerprint density at radius 3 is 1.95 bits per heavy atom. The highest BCUT2D eigenvalue weighted by molar-refractivity contribution is 6.43. The second-order valence-electron chi connectivity index (χ2n) is 8.70. The van der Waals surface area contributed by atoms with Gasteiger partial charge in [0.1, 0.15) is 5.82 Å². The third-order valence-electron chi connectivity index (χ3n) is 6.51. The molecule has 1 aliphatic heterocycles. The summed E-state index contributed by atoms with van der Waals surface area (Å²) >= 11 is 25.5. The Bertz CT molecular complexity index is 1260. The number of anilines is 2. The standard InChI is InChI=1S/C27H31Cl4N4O2/c1-3-32-22-14-18(28)19(29)15-23(22)33(4-2)26(32)8-5-9-27-34(10-6-12-36)24-16-20(30)21(31)17-25(24)35(27)11-7-13-37/h5,8-9,14-17,36-37H,3-4,6-7,10-13H2,1-2H3/q+1. The number of halogens is 4. The summed E-state index contributed by atoms with van der Waals surface area (Å²) in [6, 6.07) is 7.55. The summed E-state index contributed by atoms with van der Waals surface area (Å²) in [6.07, 6.45) is 7.34. The summed E-state index contributed by atoms with van der Waals surface area (Å²) in [4.78, 5) is 4.43. The number of allylic oxidation sites excluding steroid dienone is 2. The number of fused-ring (bicyclic) bond motifs is 2. The van der Waals surface area contributed by atoms with Crippen molar-refractivity contribution in [2.45, 2.75) is 39.8 Å². The quantitative estimate of drug-likeness (QED) is 0.266. The Morgan fingerprint density at radius 2 is 1.38 bits per heavy atom. The zero-order valence-electron chi connectivity index (χ0n) is 20.9. The fourth-order valence-electron chi connectivity index (χ4n) is 4.87. The van der Waals surface area contributed by atoms with Crippen LogP contribution in [0.5, 0.6) is 0 Å². The van der Waals surface area contributed by atoms with E-state index in [9.17, 15) is 10.2 Å². The van der Waals surface area contributed by atoms with E-state index in [-0.39, 0.29) is 13.2 Å². The highest BCUT2D eigenvalue weighted by Crippen LogP contribution is 2.45. The smallest absolute Gasteiger partial charge is 0.282 e. The van der Waals surface area contributed by atoms with E-state index >= 15 is 0 Å². The molecule has 2 heterocycles. The molecule has 0 atom stereocenters. The number of aliphatic hydroxyl groups is 2. The predicted molar refractivity (Wildman–Crippen MR) is 155 cm³/mol. The topological polar surface area (TPSA) is 55.8 Å². The number of imidazole rings is 1. The van der Waals surface area contributed by atoms with Crippen molar-refractivity contribution in [3.63, 3.8) is 0 Å². The lowest BCUT2D eigenvalue weighted by Crippen LogP contribution is -2.37. The first kappa shape index (κ1) is 28.1. The van der Waals surface area contributed by atoms with Gasteiger partial charge in [0.15, 0.2) is 11.0 Å². The maximum absolute atomic E-state index is 9.54. The first-order chi connectivity index (χ1) is 17.9. The van der Waals surface area contributed by atoms with Crippen LogP contribution in [0.25, 0.3) is 17.1 Å². The van der Waals surface area contributed by atoms with E-state index in [0.717, 1.165) is 47.1 Å². The molecule has 0 spiro atoms. The van der Waals surface area contributed by atoms with Crippen molar-refractivity contribution in [2.75, 3.05) is 36.1 Å². The molecular formula is C27H31Cl4N4O2+. The Labute approximate surface area is 237 Å². The molecule has 4 rings (SSSR count). The van der Waals surface area contributed by atoms with Crippen LogP contribution in [0.2, 0.25) is 20.1 Å². The van der Waals surface area contributed by atoms with Crippen LogP contribution in [0.15, 0.2) is 42.2 Å². The van der Waals surface area contributed by atoms with Gasteiger partial charge >= 0.3 is 0 Å². The van der Waals surface area contributed by atoms with Gasteiger partial charge in [-0.25, -0.2) is 9.13 Å². The van der Waals surface area contributed by atoms with Gasteiger partial charge in [0, 0.05) is 57.4 Å². The van der Waals surface area contributed by atoms with Crippen LogP contribution >= 0.6 is 46.4 Å². The number of aliphatic hydroxyl groups excluding tert-OH is 2. The Kier molecular flexibility index (Phi) is 9.33. The minimum absolute atomic E-state index is 0.0745. The van der Waals surface area contributed by atoms with E-state index in [0.29, 0.717) is 46.0 Å². The Hall–Kier alpha value is -1.93. The van der Waals surface area contributed by atoms with Gasteiger partial charge in [-0.2, -0.15) is 0 Å². The maximum atomic E-state index is 9.54. The number of aromatic nitrogens is 2. The maximum Gasteiger partial charge on any atom is 0.282 e. The summed E-state index contributed by atoms with van der Waals surface area (Å²) in [5.41, 5.74) is 3.91. The minimum Gasteiger partial charge on any atom is -0.396 e. The molecule has 1 aromatic heterocycles. The van der Waals surface area contributed by atoms with E-state index in [2.05, 4.69) is 38.9 Å². The second kappa shape index (κ2) is 12.3. The molecule has 1 aliphatic rings. The summed E-state index contributed by atoms with van der Waals surface area (Å²) in [7, 11) is 0. The van der Waals surface area contributed by atoms with Crippen LogP contribution in [-0.2, 0) is 13.1 Å². The van der Waals surface area contributed by atoms with Gasteiger partial charge in [-0.1, -0.05) is 52.5 Å². The molecule has 0 saturated carbocycles. The molecule has 0 fully saturated rings. The molecule has 0 saturated heterocycles. The van der Waals surface area contributed by atoms with Crippen LogP contribution in [0.3, 0.4) is 0 Å². The highest BCUT2D eigenvalue weighted by atomic mass is 35.5. The number of nitrogens with zero attached hydrogens (tertiary/aromatic N) is 4. The van der Waals surface area contributed by atoms with Gasteiger partial charge in [-0.05, 0) is 32.1 Å². The molecule has 198 valence electrons. The molecule has 6 nitrogen and oxygen atoms in total. The predicted octanol–water partition coefficient (Wildman–Crippen LogP) is 6.53. The molecule has 10 heteroatoms. The fraction of sp³-hybridized carbons (Fsp3) is 0.370. The number of hydrogen-bond donors (Lipinski definition) is 2. The van der Waals surface area contributed by atoms with Crippen LogP contribution in [0.1, 0.15) is 32.5 Å². The van der Waals surface area contributed by atoms with Gasteiger partial charge in [-0.15, -0.1) is 0 Å². The lowest BCUT2D eigenvalue weighted by molar-refractivity contribution is -0.674. The third kappa shape index (κ3) is 5.47. The molecular weight excluding hydrogens is 554 g/mol. The molecule has 0 unspecified atom stereocenters. The van der Waals surface area contributed by atoms with Crippen LogP contribution in [0.4, 0.5) is 11.4 Å². The molecule has 2 N–H and O–H groups in total. The molecule has 3 aromatic rings. The van der Waals surface area contributed by atoms with Crippen LogP contribution < -0.4 is 14.4 Å². The molecule has 0 amide bonds. The number of hydrogen-bond acceptors (Lipinski definition) is 4. The molecule has 0 radical (unpaired) electrons. The van der Waals surface area contributed by atoms with E-state index in [1.807, 2.05) is 36.4 Å². The largest absolute Gasteiger partial charge is 0.396 e. The van der Waals surface area contributed by atoms with Gasteiger partial charge < -0.3 is 20.0 Å². The first-order valence-corrected chi connectivity index (χ1v) is 13.9. The van der Waals surface area contributed by atoms with Crippen molar-refractivity contribution in [1.82, 2.24) is 4.57 Å². The van der Waals surface area contributed by atoms with Crippen molar-refractivity contribution in [3.05, 3.63) is 68.2 Å². The monoisotopic (exact) mass is 583 g/mol. The van der Waals surface area contributed by atoms with Crippen LogP contribution in [-0.4, -0.2) is 41.1 Å². The first-order valence-electron chi connectivity index (χ1n) is 12.4. The Morgan fingerprint density at radius 1 is 0.811 bits per heavy atom. The van der Waals surface area contributed by atoms with E-state index in [1.54, 1.807) is 0 Å². The molecule has 37 heavy (non-hydrogen) atoms. The number of aryl methyl sites for hydroxylation is 2. The second-order valence-corrected chi connectivity index (χ2v) is 10.3. The zero-order chi connectivity index (χ0) is 26.7. The fourth-order valence-corrected chi connectivity index (χ4v) is 5.51. The summed E-state index contributed by atoms with van der Waals surface area (Å²) < 4.78 is 4.27. The highest BCUT2D eigenvalue weighted by Gasteiger charge is 2.30. The number of rotatable bonds is 10. The van der Waals surface area contributed by atoms with Crippen molar-refractivity contribution in [3.8, 4) is 0 Å². The van der Waals surface area contributed by atoms with Gasteiger partial charge in [0.25, 0.3) is 5.82 Å². The van der Waals surface area contributed by atoms with Crippen molar-refractivity contribution < 1.29 is 14.8 Å². The summed E-state index contributed by atoms with van der Waals surface area (Å²) in [5.74, 6) is 1.96. The summed E-state index contributed by atoms with van der Waals surface area (Å²) in [6.45, 7) is 7.11. The normalized spacial score (nSPS) is 13.5. The van der Waals surface area contributed by atoms with E-state index in [4.69, 9.17) is 46.4 Å². The van der Waals surface area contributed by atoms with Gasteiger partial charge in [0.2, 0.25) is 0 Å². The average Bonchev–Trinajstić information content (AvgIpc) is 3.32. The lowest BCUT2D eigenvalue weighted by atomic mass is 10.2. The van der Waals surface area contributed by atoms with Crippen molar-refractivity contribution >= 4 is 74.9 Å². The number of benzene rings is 2. The van der Waals surface area contributed by atoms with E-state index < -0.39 is 0 Å². The minimum atomic E-state index is 0.0745. The SMILES string of the molecule is CCN1C(=CC=Cc2n(CCCO)c3cc(Cl)c(Cl)cc3[n+]2CCCO)N(CC)c2cc(Cl)c(Cl)cc21. The van der Waals surface area contributed by atoms with Crippen molar-refractivity contribution in [1.29, 1.82) is 0 Å². The lowest BCUT2D eigenvalue weighted by Gasteiger charge is -2.23. The van der Waals surface area contributed by atoms with E-state index in [1.165, 1.54) is 0 Å². The Balaban J connectivity index is 1.82. The third-order valence-corrected chi connectivity index (χ3v) is 7.95. The zero-order valence-corrected chi connectivity index (χ0v) is 23.9. The van der Waals surface area contributed by atoms with Crippen molar-refractivity contribution in [2.24, 2.45) is 0 Å². The molecule has 0 aliphatic carbocycles. The average molecular weight is 585 g/mol. The van der Waals surface area contributed by atoms with Gasteiger partial charge in [-0.3, -0.25) is 0 Å². The molecule has 0 bridgehead atoms. The molecule has 2 aromatic carbocycles.